The van der Waals surface area contributed by atoms with Crippen LogP contribution in [0.3, 0.4) is 0 Å². The zero-order valence-electron chi connectivity index (χ0n) is 8.16. The van der Waals surface area contributed by atoms with Crippen molar-refractivity contribution in [2.24, 2.45) is 5.73 Å². The molecule has 15 heavy (non-hydrogen) atoms. The Hall–Kier alpha value is -1.26. The Labute approximate surface area is 87.0 Å². The predicted octanol–water partition coefficient (Wildman–Crippen LogP) is 1.96. The van der Waals surface area contributed by atoms with Crippen LogP contribution in [-0.2, 0) is 5.92 Å². The second kappa shape index (κ2) is 4.51. The summed E-state index contributed by atoms with van der Waals surface area (Å²) in [5, 5.41) is 8.53. The zero-order valence-corrected chi connectivity index (χ0v) is 8.16. The summed E-state index contributed by atoms with van der Waals surface area (Å²) in [5.41, 5.74) is 5.94. The van der Waals surface area contributed by atoms with E-state index in [4.69, 9.17) is 10.8 Å². The number of aliphatic hydroxyl groups is 1. The van der Waals surface area contributed by atoms with Gasteiger partial charge in [-0.15, -0.1) is 6.58 Å². The van der Waals surface area contributed by atoms with Gasteiger partial charge in [0.2, 0.25) is 0 Å². The van der Waals surface area contributed by atoms with Crippen LogP contribution in [0.5, 0.6) is 0 Å². The van der Waals surface area contributed by atoms with Crippen LogP contribution in [0, 0.1) is 0 Å². The molecular weight excluding hydrogens is 200 g/mol. The number of aliphatic hydroxyl groups excluding tert-OH is 1. The van der Waals surface area contributed by atoms with Crippen LogP contribution in [-0.4, -0.2) is 11.7 Å². The van der Waals surface area contributed by atoms with E-state index in [1.807, 2.05) is 0 Å². The van der Waals surface area contributed by atoms with Gasteiger partial charge < -0.3 is 10.8 Å². The molecule has 0 aliphatic carbocycles. The molecule has 0 aliphatic heterocycles. The molecule has 0 saturated carbocycles. The van der Waals surface area contributed by atoms with Crippen LogP contribution in [0.2, 0.25) is 0 Å². The summed E-state index contributed by atoms with van der Waals surface area (Å²) in [4.78, 5) is 0. The highest BCUT2D eigenvalue weighted by atomic mass is 19.3. The predicted molar refractivity (Wildman–Crippen MR) is 54.5 cm³/mol. The van der Waals surface area contributed by atoms with E-state index in [9.17, 15) is 8.78 Å². The van der Waals surface area contributed by atoms with E-state index in [1.54, 1.807) is 6.07 Å². The number of hydrogen-bond donors (Lipinski definition) is 2. The average Bonchev–Trinajstić information content (AvgIpc) is 2.28. The maximum atomic E-state index is 13.1. The van der Waals surface area contributed by atoms with Crippen molar-refractivity contribution in [3.05, 3.63) is 48.0 Å². The Morgan fingerprint density at radius 3 is 2.73 bits per heavy atom. The fourth-order valence-corrected chi connectivity index (χ4v) is 1.20. The summed E-state index contributed by atoms with van der Waals surface area (Å²) in [6.07, 6.45) is 1.47. The second-order valence-electron chi connectivity index (χ2n) is 3.25. The molecule has 0 heterocycles. The number of alkyl halides is 2. The van der Waals surface area contributed by atoms with Gasteiger partial charge in [-0.05, 0) is 11.6 Å². The SMILES string of the molecule is C=C[C@@H](N)c1cccc(C(F)(F)CO)c1. The van der Waals surface area contributed by atoms with Crippen LogP contribution in [0.4, 0.5) is 8.78 Å². The van der Waals surface area contributed by atoms with E-state index < -0.39 is 18.6 Å². The van der Waals surface area contributed by atoms with Crippen molar-refractivity contribution in [3.63, 3.8) is 0 Å². The molecule has 0 spiro atoms. The van der Waals surface area contributed by atoms with Crippen LogP contribution in [0.1, 0.15) is 17.2 Å². The van der Waals surface area contributed by atoms with Crippen molar-refractivity contribution in [1.82, 2.24) is 0 Å². The summed E-state index contributed by atoms with van der Waals surface area (Å²) in [7, 11) is 0. The van der Waals surface area contributed by atoms with Gasteiger partial charge in [0, 0.05) is 11.6 Å². The van der Waals surface area contributed by atoms with E-state index in [2.05, 4.69) is 6.58 Å². The summed E-state index contributed by atoms with van der Waals surface area (Å²) < 4.78 is 26.2. The number of hydrogen-bond acceptors (Lipinski definition) is 2. The van der Waals surface area contributed by atoms with Gasteiger partial charge in [0.05, 0.1) is 0 Å². The first-order valence-corrected chi connectivity index (χ1v) is 4.48. The molecule has 1 rings (SSSR count). The Bertz CT molecular complexity index is 352. The van der Waals surface area contributed by atoms with E-state index in [0.29, 0.717) is 5.56 Å². The van der Waals surface area contributed by atoms with Gasteiger partial charge in [0.15, 0.2) is 0 Å². The molecule has 0 amide bonds. The van der Waals surface area contributed by atoms with Gasteiger partial charge in [-0.2, -0.15) is 8.78 Å². The minimum absolute atomic E-state index is 0.236. The second-order valence-corrected chi connectivity index (χ2v) is 3.25. The van der Waals surface area contributed by atoms with Crippen LogP contribution in [0.25, 0.3) is 0 Å². The molecule has 82 valence electrons. The summed E-state index contributed by atoms with van der Waals surface area (Å²) >= 11 is 0. The van der Waals surface area contributed by atoms with Crippen molar-refractivity contribution in [1.29, 1.82) is 0 Å². The third-order valence-corrected chi connectivity index (χ3v) is 2.15. The zero-order chi connectivity index (χ0) is 11.5. The first-order chi connectivity index (χ1) is 7.01. The number of halogens is 2. The van der Waals surface area contributed by atoms with Crippen molar-refractivity contribution >= 4 is 0 Å². The molecule has 0 bridgehead atoms. The molecule has 1 aromatic carbocycles. The lowest BCUT2D eigenvalue weighted by Gasteiger charge is -2.15. The Kier molecular flexibility index (Phi) is 3.55. The molecule has 0 unspecified atom stereocenters. The number of benzene rings is 1. The van der Waals surface area contributed by atoms with Crippen LogP contribution < -0.4 is 5.73 Å². The molecule has 0 aromatic heterocycles. The van der Waals surface area contributed by atoms with Crippen molar-refractivity contribution < 1.29 is 13.9 Å². The lowest BCUT2D eigenvalue weighted by atomic mass is 10.0. The van der Waals surface area contributed by atoms with Gasteiger partial charge in [-0.1, -0.05) is 24.3 Å². The highest BCUT2D eigenvalue weighted by Crippen LogP contribution is 2.28. The van der Waals surface area contributed by atoms with Gasteiger partial charge in [0.1, 0.15) is 6.61 Å². The Morgan fingerprint density at radius 1 is 1.53 bits per heavy atom. The Balaban J connectivity index is 3.07. The molecule has 0 aliphatic rings. The third kappa shape index (κ3) is 2.61. The minimum Gasteiger partial charge on any atom is -0.390 e. The number of nitrogens with two attached hydrogens (primary N) is 1. The van der Waals surface area contributed by atoms with Gasteiger partial charge in [-0.25, -0.2) is 0 Å². The fourth-order valence-electron chi connectivity index (χ4n) is 1.20. The minimum atomic E-state index is -3.23. The number of rotatable bonds is 4. The molecule has 4 heteroatoms. The lowest BCUT2D eigenvalue weighted by molar-refractivity contribution is -0.0556. The van der Waals surface area contributed by atoms with Crippen molar-refractivity contribution in [3.8, 4) is 0 Å². The first kappa shape index (κ1) is 11.8. The fraction of sp³-hybridized carbons (Fsp3) is 0.273. The maximum absolute atomic E-state index is 13.1. The van der Waals surface area contributed by atoms with Gasteiger partial charge >= 0.3 is 0 Å². The van der Waals surface area contributed by atoms with Gasteiger partial charge in [-0.3, -0.25) is 0 Å². The largest absolute Gasteiger partial charge is 0.390 e. The lowest BCUT2D eigenvalue weighted by Crippen LogP contribution is -2.19. The molecular formula is C11H13F2NO. The van der Waals surface area contributed by atoms with Crippen molar-refractivity contribution in [2.75, 3.05) is 6.61 Å². The molecule has 0 radical (unpaired) electrons. The van der Waals surface area contributed by atoms with Crippen molar-refractivity contribution in [2.45, 2.75) is 12.0 Å². The first-order valence-electron chi connectivity index (χ1n) is 4.48. The van der Waals surface area contributed by atoms with Crippen LogP contribution in [0.15, 0.2) is 36.9 Å². The van der Waals surface area contributed by atoms with E-state index >= 15 is 0 Å². The van der Waals surface area contributed by atoms with Crippen LogP contribution >= 0.6 is 0 Å². The molecule has 1 atom stereocenters. The molecule has 3 N–H and O–H groups in total. The summed E-state index contributed by atoms with van der Waals surface area (Å²) in [6.45, 7) is 2.28. The van der Waals surface area contributed by atoms with E-state index in [1.165, 1.54) is 24.3 Å². The molecule has 0 fully saturated rings. The van der Waals surface area contributed by atoms with E-state index in [-0.39, 0.29) is 5.56 Å². The highest BCUT2D eigenvalue weighted by molar-refractivity contribution is 5.30. The molecule has 1 aromatic rings. The molecule has 2 nitrogen and oxygen atoms in total. The maximum Gasteiger partial charge on any atom is 0.295 e. The summed E-state index contributed by atoms with van der Waals surface area (Å²) in [6, 6.07) is 5.19. The topological polar surface area (TPSA) is 46.2 Å². The molecule has 0 saturated heterocycles. The average molecular weight is 213 g/mol. The highest BCUT2D eigenvalue weighted by Gasteiger charge is 2.30. The Morgan fingerprint density at radius 2 is 2.20 bits per heavy atom. The standard InChI is InChI=1S/C11H13F2NO/c1-2-10(14)8-4-3-5-9(6-8)11(12,13)7-15/h2-6,10,15H,1,7,14H2/t10-/m1/s1. The van der Waals surface area contributed by atoms with E-state index in [0.717, 1.165) is 0 Å². The summed E-state index contributed by atoms with van der Waals surface area (Å²) in [5.74, 6) is -3.23. The monoisotopic (exact) mass is 213 g/mol. The smallest absolute Gasteiger partial charge is 0.295 e. The normalized spacial score (nSPS) is 13.6. The quantitative estimate of drug-likeness (QED) is 0.751. The van der Waals surface area contributed by atoms with Gasteiger partial charge in [0.25, 0.3) is 5.92 Å². The third-order valence-electron chi connectivity index (χ3n) is 2.15.